The lowest BCUT2D eigenvalue weighted by molar-refractivity contribution is -0.134. The molecule has 1 heterocycles. The fourth-order valence-electron chi connectivity index (χ4n) is 2.72. The van der Waals surface area contributed by atoms with Gasteiger partial charge in [0, 0.05) is 10.9 Å². The van der Waals surface area contributed by atoms with Crippen molar-refractivity contribution in [3.63, 3.8) is 0 Å². The molecule has 0 amide bonds. The van der Waals surface area contributed by atoms with Gasteiger partial charge in [0.25, 0.3) is 0 Å². The van der Waals surface area contributed by atoms with Crippen LogP contribution in [0.25, 0.3) is 6.08 Å². The molecule has 1 aliphatic rings. The number of carbonyl (C=O) groups is 2. The highest BCUT2D eigenvalue weighted by Crippen LogP contribution is 2.38. The second kappa shape index (κ2) is 9.91. The number of nitrogens with zero attached hydrogens (tertiary/aromatic N) is 1. The van der Waals surface area contributed by atoms with Gasteiger partial charge in [0.1, 0.15) is 0 Å². The number of benzene rings is 2. The topological polar surface area (TPSA) is 74.2 Å². The average molecular weight is 493 g/mol. The molecule has 0 bridgehead atoms. The Hall–Kier alpha value is -2.64. The number of cyclic esters (lactones) is 1. The van der Waals surface area contributed by atoms with Gasteiger partial charge in [0.05, 0.1) is 17.2 Å². The van der Waals surface area contributed by atoms with E-state index in [0.717, 1.165) is 4.47 Å². The molecule has 8 heteroatoms. The van der Waals surface area contributed by atoms with Gasteiger partial charge in [0.2, 0.25) is 5.90 Å². The lowest BCUT2D eigenvalue weighted by atomic mass is 10.1. The van der Waals surface area contributed by atoms with Gasteiger partial charge in [-0.3, -0.25) is 4.79 Å². The van der Waals surface area contributed by atoms with Crippen molar-refractivity contribution in [3.05, 3.63) is 62.7 Å². The van der Waals surface area contributed by atoms with Crippen molar-refractivity contribution in [1.29, 1.82) is 0 Å². The summed E-state index contributed by atoms with van der Waals surface area (Å²) in [6.07, 6.45) is 2.47. The van der Waals surface area contributed by atoms with E-state index in [0.29, 0.717) is 29.9 Å². The van der Waals surface area contributed by atoms with Crippen LogP contribution in [0.15, 0.2) is 51.6 Å². The van der Waals surface area contributed by atoms with Crippen LogP contribution < -0.4 is 9.47 Å². The molecule has 2 aromatic rings. The van der Waals surface area contributed by atoms with Crippen molar-refractivity contribution < 1.29 is 23.8 Å². The monoisotopic (exact) mass is 491 g/mol. The molecule has 0 spiro atoms. The number of rotatable bonds is 7. The lowest BCUT2D eigenvalue weighted by Crippen LogP contribution is -2.09. The first-order valence-corrected chi connectivity index (χ1v) is 10.5. The highest BCUT2D eigenvalue weighted by atomic mass is 79.9. The average Bonchev–Trinajstić information content (AvgIpc) is 3.05. The second-order valence-electron chi connectivity index (χ2n) is 6.30. The third kappa shape index (κ3) is 5.09. The Morgan fingerprint density at radius 2 is 2.03 bits per heavy atom. The van der Waals surface area contributed by atoms with Gasteiger partial charge < -0.3 is 14.2 Å². The Morgan fingerprint density at radius 1 is 1.27 bits per heavy atom. The highest BCUT2D eigenvalue weighted by molar-refractivity contribution is 9.10. The summed E-state index contributed by atoms with van der Waals surface area (Å²) in [7, 11) is 0. The Kier molecular flexibility index (Phi) is 7.29. The summed E-state index contributed by atoms with van der Waals surface area (Å²) in [5, 5.41) is 0.193. The van der Waals surface area contributed by atoms with E-state index in [1.54, 1.807) is 25.1 Å². The molecule has 30 heavy (non-hydrogen) atoms. The Bertz CT molecular complexity index is 1050. The summed E-state index contributed by atoms with van der Waals surface area (Å²) in [6.45, 7) is 4.03. The van der Waals surface area contributed by atoms with Crippen LogP contribution in [0.4, 0.5) is 0 Å². The Balaban J connectivity index is 1.95. The zero-order chi connectivity index (χ0) is 21.7. The highest BCUT2D eigenvalue weighted by Gasteiger charge is 2.26. The molecule has 2 aromatic carbocycles. The summed E-state index contributed by atoms with van der Waals surface area (Å²) in [5.41, 5.74) is 1.35. The quantitative estimate of drug-likeness (QED) is 0.288. The first-order chi connectivity index (χ1) is 14.4. The van der Waals surface area contributed by atoms with Crippen molar-refractivity contribution in [3.8, 4) is 11.5 Å². The van der Waals surface area contributed by atoms with Gasteiger partial charge in [-0.2, -0.15) is 0 Å². The van der Waals surface area contributed by atoms with Gasteiger partial charge >= 0.3 is 11.9 Å². The maximum absolute atomic E-state index is 12.3. The number of esters is 2. The van der Waals surface area contributed by atoms with E-state index < -0.39 is 11.9 Å². The molecule has 0 aliphatic carbocycles. The molecular weight excluding hydrogens is 474 g/mol. The van der Waals surface area contributed by atoms with Gasteiger partial charge in [-0.15, -0.1) is 0 Å². The Labute approximate surface area is 187 Å². The van der Waals surface area contributed by atoms with Gasteiger partial charge in [-0.1, -0.05) is 30.7 Å². The molecule has 0 radical (unpaired) electrons. The van der Waals surface area contributed by atoms with E-state index in [-0.39, 0.29) is 28.8 Å². The molecular formula is C22H19BrClNO5. The predicted molar refractivity (Wildman–Crippen MR) is 118 cm³/mol. The van der Waals surface area contributed by atoms with Crippen LogP contribution in [-0.4, -0.2) is 24.4 Å². The third-order valence-corrected chi connectivity index (χ3v) is 5.00. The van der Waals surface area contributed by atoms with Crippen molar-refractivity contribution in [2.45, 2.75) is 26.7 Å². The van der Waals surface area contributed by atoms with Crippen LogP contribution in [0, 0.1) is 0 Å². The fraction of sp³-hybridized carbons (Fsp3) is 0.227. The van der Waals surface area contributed by atoms with Gasteiger partial charge in [-0.05, 0) is 65.2 Å². The number of halogens is 2. The summed E-state index contributed by atoms with van der Waals surface area (Å²) < 4.78 is 17.0. The SMILES string of the molecule is CCCC(=O)Oc1c(Cl)cc(/C=C2\N=C(c3ccccc3Br)OC2=O)cc1OCC. The van der Waals surface area contributed by atoms with Crippen molar-refractivity contribution >= 4 is 51.4 Å². The van der Waals surface area contributed by atoms with Gasteiger partial charge in [0.15, 0.2) is 17.2 Å². The van der Waals surface area contributed by atoms with Crippen LogP contribution in [0.2, 0.25) is 5.02 Å². The molecule has 0 unspecified atom stereocenters. The second-order valence-corrected chi connectivity index (χ2v) is 7.56. The number of hydrogen-bond donors (Lipinski definition) is 0. The largest absolute Gasteiger partial charge is 0.490 e. The lowest BCUT2D eigenvalue weighted by Gasteiger charge is -2.13. The minimum Gasteiger partial charge on any atom is -0.490 e. The minimum absolute atomic E-state index is 0.120. The fourth-order valence-corrected chi connectivity index (χ4v) is 3.43. The molecule has 0 N–H and O–H groups in total. The molecule has 0 aromatic heterocycles. The van der Waals surface area contributed by atoms with E-state index in [1.165, 1.54) is 6.08 Å². The third-order valence-electron chi connectivity index (χ3n) is 4.03. The minimum atomic E-state index is -0.576. The first kappa shape index (κ1) is 22.1. The maximum Gasteiger partial charge on any atom is 0.363 e. The first-order valence-electron chi connectivity index (χ1n) is 9.37. The van der Waals surface area contributed by atoms with E-state index in [9.17, 15) is 9.59 Å². The van der Waals surface area contributed by atoms with Crippen LogP contribution in [0.1, 0.15) is 37.8 Å². The summed E-state index contributed by atoms with van der Waals surface area (Å²) in [5.74, 6) is -0.296. The smallest absolute Gasteiger partial charge is 0.363 e. The molecule has 0 saturated carbocycles. The summed E-state index contributed by atoms with van der Waals surface area (Å²) in [6, 6.07) is 10.5. The maximum atomic E-state index is 12.3. The molecule has 3 rings (SSSR count). The van der Waals surface area contributed by atoms with Crippen LogP contribution >= 0.6 is 27.5 Å². The van der Waals surface area contributed by atoms with E-state index in [2.05, 4.69) is 20.9 Å². The standard InChI is InChI=1S/C22H19BrClNO5/c1-3-7-19(26)29-20-16(24)10-13(12-18(20)28-4-2)11-17-22(27)30-21(25-17)14-8-5-6-9-15(14)23/h5-6,8-12H,3-4,7H2,1-2H3/b17-11-. The molecule has 0 fully saturated rings. The van der Waals surface area contributed by atoms with Crippen molar-refractivity contribution in [2.24, 2.45) is 4.99 Å². The zero-order valence-corrected chi connectivity index (χ0v) is 18.7. The number of aliphatic imine (C=N–C) groups is 1. The van der Waals surface area contributed by atoms with Crippen molar-refractivity contribution in [1.82, 2.24) is 0 Å². The molecule has 6 nitrogen and oxygen atoms in total. The zero-order valence-electron chi connectivity index (χ0n) is 16.4. The molecule has 156 valence electrons. The molecule has 0 atom stereocenters. The number of ether oxygens (including phenoxy) is 3. The number of carbonyl (C=O) groups excluding carboxylic acids is 2. The molecule has 0 saturated heterocycles. The molecule has 1 aliphatic heterocycles. The van der Waals surface area contributed by atoms with Gasteiger partial charge in [-0.25, -0.2) is 9.79 Å². The van der Waals surface area contributed by atoms with Crippen molar-refractivity contribution in [2.75, 3.05) is 6.61 Å². The Morgan fingerprint density at radius 3 is 2.73 bits per heavy atom. The van der Waals surface area contributed by atoms with E-state index in [4.69, 9.17) is 25.8 Å². The summed E-state index contributed by atoms with van der Waals surface area (Å²) >= 11 is 9.76. The van der Waals surface area contributed by atoms with Crippen LogP contribution in [0.5, 0.6) is 11.5 Å². The van der Waals surface area contributed by atoms with Crippen LogP contribution in [-0.2, 0) is 14.3 Å². The van der Waals surface area contributed by atoms with E-state index in [1.807, 2.05) is 25.1 Å². The predicted octanol–water partition coefficient (Wildman–Crippen LogP) is 5.55. The normalized spacial score (nSPS) is 14.5. The number of hydrogen-bond acceptors (Lipinski definition) is 6. The summed E-state index contributed by atoms with van der Waals surface area (Å²) in [4.78, 5) is 28.5. The van der Waals surface area contributed by atoms with Crippen LogP contribution in [0.3, 0.4) is 0 Å². The van der Waals surface area contributed by atoms with E-state index >= 15 is 0 Å².